The molecule has 0 amide bonds. The summed E-state index contributed by atoms with van der Waals surface area (Å²) in [5, 5.41) is 0. The van der Waals surface area contributed by atoms with E-state index < -0.39 is 0 Å². The molecule has 1 aliphatic rings. The van der Waals surface area contributed by atoms with E-state index in [0.29, 0.717) is 0 Å². The van der Waals surface area contributed by atoms with Gasteiger partial charge in [-0.25, -0.2) is 4.98 Å². The molecule has 1 aromatic carbocycles. The van der Waals surface area contributed by atoms with Crippen molar-refractivity contribution >= 4 is 15.9 Å². The first-order valence-corrected chi connectivity index (χ1v) is 8.12. The molecular formula is C17H21BrN2. The van der Waals surface area contributed by atoms with E-state index >= 15 is 0 Å². The molecule has 3 heteroatoms. The van der Waals surface area contributed by atoms with Gasteiger partial charge in [0, 0.05) is 17.8 Å². The molecule has 0 fully saturated rings. The van der Waals surface area contributed by atoms with Crippen molar-refractivity contribution in [1.29, 1.82) is 0 Å². The SMILES string of the molecule is Cc1cc(C)c(C)c(-c2nc(Br)n3c2CCCC3)c1C. The maximum Gasteiger partial charge on any atom is 0.177 e. The number of aryl methyl sites for hydroxylation is 2. The van der Waals surface area contributed by atoms with Crippen LogP contribution in [0.15, 0.2) is 10.8 Å². The van der Waals surface area contributed by atoms with Gasteiger partial charge in [0.1, 0.15) is 0 Å². The second kappa shape index (κ2) is 5.03. The zero-order valence-corrected chi connectivity index (χ0v) is 14.3. The van der Waals surface area contributed by atoms with Gasteiger partial charge >= 0.3 is 0 Å². The van der Waals surface area contributed by atoms with Crippen molar-refractivity contribution in [2.75, 3.05) is 0 Å². The number of aromatic nitrogens is 2. The van der Waals surface area contributed by atoms with Crippen LogP contribution in [0.1, 0.15) is 40.8 Å². The van der Waals surface area contributed by atoms with E-state index in [4.69, 9.17) is 4.98 Å². The van der Waals surface area contributed by atoms with Crippen molar-refractivity contribution < 1.29 is 0 Å². The number of imidazole rings is 1. The lowest BCUT2D eigenvalue weighted by Gasteiger charge is -2.19. The first-order chi connectivity index (χ1) is 9.50. The summed E-state index contributed by atoms with van der Waals surface area (Å²) in [6, 6.07) is 2.28. The summed E-state index contributed by atoms with van der Waals surface area (Å²) in [6.45, 7) is 9.93. The van der Waals surface area contributed by atoms with Gasteiger partial charge in [0.2, 0.25) is 0 Å². The highest BCUT2D eigenvalue weighted by Crippen LogP contribution is 2.36. The summed E-state index contributed by atoms with van der Waals surface area (Å²) in [6.07, 6.45) is 3.67. The Morgan fingerprint density at radius 2 is 1.70 bits per heavy atom. The van der Waals surface area contributed by atoms with Crippen LogP contribution in [0.3, 0.4) is 0 Å². The molecule has 1 aliphatic heterocycles. The standard InChI is InChI=1S/C17H21BrN2/c1-10-9-11(2)13(4)15(12(10)3)16-14-7-5-6-8-20(14)17(18)19-16/h9H,5-8H2,1-4H3. The maximum absolute atomic E-state index is 4.85. The summed E-state index contributed by atoms with van der Waals surface area (Å²) in [7, 11) is 0. The van der Waals surface area contributed by atoms with E-state index in [9.17, 15) is 0 Å². The number of benzene rings is 1. The molecule has 2 nitrogen and oxygen atoms in total. The fraction of sp³-hybridized carbons (Fsp3) is 0.471. The summed E-state index contributed by atoms with van der Waals surface area (Å²) < 4.78 is 3.33. The predicted molar refractivity (Wildman–Crippen MR) is 87.2 cm³/mol. The zero-order chi connectivity index (χ0) is 14.4. The molecule has 0 unspecified atom stereocenters. The van der Waals surface area contributed by atoms with Crippen LogP contribution in [0.5, 0.6) is 0 Å². The van der Waals surface area contributed by atoms with Crippen LogP contribution in [0.2, 0.25) is 0 Å². The topological polar surface area (TPSA) is 17.8 Å². The third-order valence-corrected chi connectivity index (χ3v) is 5.28. The van der Waals surface area contributed by atoms with Crippen LogP contribution < -0.4 is 0 Å². The molecule has 2 aromatic rings. The Hall–Kier alpha value is -1.09. The van der Waals surface area contributed by atoms with E-state index in [1.807, 2.05) is 0 Å². The summed E-state index contributed by atoms with van der Waals surface area (Å²) in [5.74, 6) is 0. The van der Waals surface area contributed by atoms with Crippen LogP contribution >= 0.6 is 15.9 Å². The number of hydrogen-bond acceptors (Lipinski definition) is 1. The average Bonchev–Trinajstić information content (AvgIpc) is 2.75. The molecule has 3 rings (SSSR count). The molecule has 0 saturated heterocycles. The Kier molecular flexibility index (Phi) is 3.49. The van der Waals surface area contributed by atoms with Crippen LogP contribution in [0.25, 0.3) is 11.3 Å². The zero-order valence-electron chi connectivity index (χ0n) is 12.7. The maximum atomic E-state index is 4.85. The Morgan fingerprint density at radius 1 is 1.05 bits per heavy atom. The molecule has 1 aromatic heterocycles. The normalized spacial score (nSPS) is 14.4. The Labute approximate surface area is 129 Å². The molecule has 106 valence electrons. The van der Waals surface area contributed by atoms with Crippen LogP contribution in [-0.4, -0.2) is 9.55 Å². The summed E-state index contributed by atoms with van der Waals surface area (Å²) in [4.78, 5) is 4.85. The molecule has 0 bridgehead atoms. The first-order valence-electron chi connectivity index (χ1n) is 7.33. The molecule has 0 atom stereocenters. The molecule has 20 heavy (non-hydrogen) atoms. The van der Waals surface area contributed by atoms with Crippen LogP contribution in [-0.2, 0) is 13.0 Å². The van der Waals surface area contributed by atoms with Gasteiger partial charge in [-0.15, -0.1) is 0 Å². The smallest absolute Gasteiger partial charge is 0.177 e. The van der Waals surface area contributed by atoms with Gasteiger partial charge in [-0.05, 0) is 85.1 Å². The minimum Gasteiger partial charge on any atom is -0.322 e. The van der Waals surface area contributed by atoms with Gasteiger partial charge in [-0.3, -0.25) is 0 Å². The predicted octanol–water partition coefficient (Wildman–Crippen LogP) is 4.88. The lowest BCUT2D eigenvalue weighted by atomic mass is 9.90. The quantitative estimate of drug-likeness (QED) is 0.727. The second-order valence-corrected chi connectivity index (χ2v) is 6.63. The Morgan fingerprint density at radius 3 is 2.35 bits per heavy atom. The molecule has 0 aliphatic carbocycles. The van der Waals surface area contributed by atoms with Crippen molar-refractivity contribution in [1.82, 2.24) is 9.55 Å². The van der Waals surface area contributed by atoms with E-state index in [-0.39, 0.29) is 0 Å². The van der Waals surface area contributed by atoms with Gasteiger partial charge in [0.05, 0.1) is 5.69 Å². The number of fused-ring (bicyclic) bond motifs is 1. The second-order valence-electron chi connectivity index (χ2n) is 5.92. The lowest BCUT2D eigenvalue weighted by Crippen LogP contribution is -2.10. The van der Waals surface area contributed by atoms with Gasteiger partial charge < -0.3 is 4.57 Å². The molecule has 0 radical (unpaired) electrons. The van der Waals surface area contributed by atoms with Crippen molar-refractivity contribution in [3.8, 4) is 11.3 Å². The van der Waals surface area contributed by atoms with E-state index in [1.165, 1.54) is 52.0 Å². The molecule has 2 heterocycles. The Balaban J connectivity index is 2.30. The van der Waals surface area contributed by atoms with Gasteiger partial charge in [-0.1, -0.05) is 6.07 Å². The molecule has 0 saturated carbocycles. The van der Waals surface area contributed by atoms with Gasteiger partial charge in [-0.2, -0.15) is 0 Å². The molecule has 0 spiro atoms. The fourth-order valence-electron chi connectivity index (χ4n) is 3.27. The number of hydrogen-bond donors (Lipinski definition) is 0. The molecular weight excluding hydrogens is 312 g/mol. The van der Waals surface area contributed by atoms with Crippen molar-refractivity contribution in [3.05, 3.63) is 38.7 Å². The fourth-order valence-corrected chi connectivity index (χ4v) is 3.84. The van der Waals surface area contributed by atoms with Gasteiger partial charge in [0.25, 0.3) is 0 Å². The van der Waals surface area contributed by atoms with Crippen molar-refractivity contribution in [2.24, 2.45) is 0 Å². The van der Waals surface area contributed by atoms with Crippen LogP contribution in [0.4, 0.5) is 0 Å². The largest absolute Gasteiger partial charge is 0.322 e. The third-order valence-electron chi connectivity index (χ3n) is 4.67. The number of halogens is 1. The average molecular weight is 333 g/mol. The minimum atomic E-state index is 0.986. The Bertz CT molecular complexity index is 657. The third kappa shape index (κ3) is 2.03. The van der Waals surface area contributed by atoms with Gasteiger partial charge in [0.15, 0.2) is 4.73 Å². The number of rotatable bonds is 1. The monoisotopic (exact) mass is 332 g/mol. The highest BCUT2D eigenvalue weighted by molar-refractivity contribution is 9.10. The van der Waals surface area contributed by atoms with Crippen molar-refractivity contribution in [3.63, 3.8) is 0 Å². The van der Waals surface area contributed by atoms with Crippen LogP contribution in [0, 0.1) is 27.7 Å². The molecule has 0 N–H and O–H groups in total. The first kappa shape index (κ1) is 13.9. The van der Waals surface area contributed by atoms with E-state index in [0.717, 1.165) is 17.7 Å². The number of nitrogens with zero attached hydrogens (tertiary/aromatic N) is 2. The summed E-state index contributed by atoms with van der Waals surface area (Å²) >= 11 is 3.64. The lowest BCUT2D eigenvalue weighted by molar-refractivity contribution is 0.525. The highest BCUT2D eigenvalue weighted by Gasteiger charge is 2.22. The van der Waals surface area contributed by atoms with E-state index in [1.54, 1.807) is 0 Å². The van der Waals surface area contributed by atoms with E-state index in [2.05, 4.69) is 54.3 Å². The highest BCUT2D eigenvalue weighted by atomic mass is 79.9. The summed E-state index contributed by atoms with van der Waals surface area (Å²) in [5.41, 5.74) is 9.39. The van der Waals surface area contributed by atoms with Crippen molar-refractivity contribution in [2.45, 2.75) is 53.5 Å². The minimum absolute atomic E-state index is 0.986.